The number of alkyl carbamates (subject to hydrolysis) is 1. The predicted molar refractivity (Wildman–Crippen MR) is 74.2 cm³/mol. The lowest BCUT2D eigenvalue weighted by atomic mass is 9.99. The standard InChI is InChI=1S/C14H19N3O2/c1-3-10-7-5-6-8-11(10)12-9-15-13(16-12)17-14(18)19-4-2/h5-8,12H,3-4,9H2,1-2H3,(H2,15,16,17,18). The van der Waals surface area contributed by atoms with Gasteiger partial charge < -0.3 is 10.1 Å². The van der Waals surface area contributed by atoms with E-state index in [0.717, 1.165) is 6.42 Å². The maximum atomic E-state index is 11.3. The van der Waals surface area contributed by atoms with Gasteiger partial charge in [-0.3, -0.25) is 10.3 Å². The van der Waals surface area contributed by atoms with Crippen LogP contribution in [0.1, 0.15) is 31.0 Å². The van der Waals surface area contributed by atoms with Gasteiger partial charge in [0.15, 0.2) is 0 Å². The molecule has 0 aliphatic carbocycles. The molecule has 0 aromatic heterocycles. The summed E-state index contributed by atoms with van der Waals surface area (Å²) in [5, 5.41) is 5.80. The number of rotatable bonds is 3. The molecule has 2 N–H and O–H groups in total. The van der Waals surface area contributed by atoms with Crippen molar-refractivity contribution in [3.05, 3.63) is 35.4 Å². The molecule has 0 bridgehead atoms. The van der Waals surface area contributed by atoms with Crippen LogP contribution in [0.25, 0.3) is 0 Å². The number of aliphatic imine (C=N–C) groups is 1. The van der Waals surface area contributed by atoms with E-state index in [1.165, 1.54) is 11.1 Å². The first-order valence-corrected chi connectivity index (χ1v) is 6.57. The molecule has 1 aliphatic heterocycles. The summed E-state index contributed by atoms with van der Waals surface area (Å²) in [6.07, 6.45) is 0.507. The number of guanidine groups is 1. The molecule has 1 aromatic rings. The minimum atomic E-state index is -0.474. The van der Waals surface area contributed by atoms with E-state index < -0.39 is 6.09 Å². The van der Waals surface area contributed by atoms with Crippen molar-refractivity contribution in [3.8, 4) is 0 Å². The number of ether oxygens (including phenoxy) is 1. The summed E-state index contributed by atoms with van der Waals surface area (Å²) in [7, 11) is 0. The molecular formula is C14H19N3O2. The number of aryl methyl sites for hydroxylation is 1. The Bertz CT molecular complexity index is 485. The summed E-state index contributed by atoms with van der Waals surface area (Å²) >= 11 is 0. The molecule has 1 atom stereocenters. The molecule has 2 rings (SSSR count). The molecule has 102 valence electrons. The zero-order chi connectivity index (χ0) is 13.7. The summed E-state index contributed by atoms with van der Waals surface area (Å²) in [4.78, 5) is 15.6. The Kier molecular flexibility index (Phi) is 4.39. The molecule has 19 heavy (non-hydrogen) atoms. The van der Waals surface area contributed by atoms with E-state index in [9.17, 15) is 4.79 Å². The van der Waals surface area contributed by atoms with E-state index in [4.69, 9.17) is 4.74 Å². The van der Waals surface area contributed by atoms with Gasteiger partial charge in [-0.2, -0.15) is 0 Å². The van der Waals surface area contributed by atoms with Crippen LogP contribution in [0.5, 0.6) is 0 Å². The molecule has 5 heteroatoms. The molecule has 0 saturated heterocycles. The fraction of sp³-hybridized carbons (Fsp3) is 0.429. The first kappa shape index (κ1) is 13.4. The van der Waals surface area contributed by atoms with Crippen molar-refractivity contribution in [2.24, 2.45) is 4.99 Å². The third-order valence-corrected chi connectivity index (χ3v) is 3.05. The minimum absolute atomic E-state index is 0.119. The number of hydrogen-bond acceptors (Lipinski definition) is 4. The maximum absolute atomic E-state index is 11.3. The van der Waals surface area contributed by atoms with E-state index in [-0.39, 0.29) is 6.04 Å². The number of amides is 1. The lowest BCUT2D eigenvalue weighted by Gasteiger charge is -2.15. The van der Waals surface area contributed by atoms with Gasteiger partial charge in [-0.25, -0.2) is 4.79 Å². The largest absolute Gasteiger partial charge is 0.450 e. The number of benzene rings is 1. The fourth-order valence-electron chi connectivity index (χ4n) is 2.15. The molecule has 0 saturated carbocycles. The second kappa shape index (κ2) is 6.22. The average Bonchev–Trinajstić information content (AvgIpc) is 2.87. The van der Waals surface area contributed by atoms with Crippen molar-refractivity contribution in [2.75, 3.05) is 13.2 Å². The Morgan fingerprint density at radius 1 is 1.47 bits per heavy atom. The smallest absolute Gasteiger partial charge is 0.413 e. The van der Waals surface area contributed by atoms with Gasteiger partial charge >= 0.3 is 6.09 Å². The van der Waals surface area contributed by atoms with Gasteiger partial charge in [-0.1, -0.05) is 31.2 Å². The molecular weight excluding hydrogens is 242 g/mol. The number of hydrogen-bond donors (Lipinski definition) is 2. The van der Waals surface area contributed by atoms with Gasteiger partial charge in [-0.05, 0) is 24.5 Å². The van der Waals surface area contributed by atoms with E-state index in [1.807, 2.05) is 12.1 Å². The zero-order valence-electron chi connectivity index (χ0n) is 11.3. The Labute approximate surface area is 113 Å². The van der Waals surface area contributed by atoms with Crippen LogP contribution >= 0.6 is 0 Å². The van der Waals surface area contributed by atoms with Gasteiger partial charge in [0.05, 0.1) is 19.2 Å². The van der Waals surface area contributed by atoms with E-state index >= 15 is 0 Å². The van der Waals surface area contributed by atoms with Gasteiger partial charge in [0.25, 0.3) is 0 Å². The molecule has 0 radical (unpaired) electrons. The predicted octanol–water partition coefficient (Wildman–Crippen LogP) is 2.00. The van der Waals surface area contributed by atoms with Crippen LogP contribution in [0, 0.1) is 0 Å². The maximum Gasteiger partial charge on any atom is 0.413 e. The summed E-state index contributed by atoms with van der Waals surface area (Å²) in [6, 6.07) is 8.39. The number of carbonyl (C=O) groups excluding carboxylic acids is 1. The third kappa shape index (κ3) is 3.24. The van der Waals surface area contributed by atoms with Crippen LogP contribution in [0.2, 0.25) is 0 Å². The molecule has 1 heterocycles. The topological polar surface area (TPSA) is 62.7 Å². The van der Waals surface area contributed by atoms with Crippen molar-refractivity contribution < 1.29 is 9.53 Å². The summed E-state index contributed by atoms with van der Waals surface area (Å²) in [6.45, 7) is 4.87. The van der Waals surface area contributed by atoms with Crippen LogP contribution in [0.15, 0.2) is 29.3 Å². The van der Waals surface area contributed by atoms with Crippen molar-refractivity contribution in [3.63, 3.8) is 0 Å². The molecule has 1 aromatic carbocycles. The van der Waals surface area contributed by atoms with E-state index in [2.05, 4.69) is 34.7 Å². The summed E-state index contributed by atoms with van der Waals surface area (Å²) < 4.78 is 4.82. The van der Waals surface area contributed by atoms with Crippen LogP contribution in [-0.4, -0.2) is 25.2 Å². The normalized spacial score (nSPS) is 17.6. The Morgan fingerprint density at radius 2 is 2.26 bits per heavy atom. The molecule has 0 spiro atoms. The summed E-state index contributed by atoms with van der Waals surface area (Å²) in [5.41, 5.74) is 2.53. The minimum Gasteiger partial charge on any atom is -0.450 e. The van der Waals surface area contributed by atoms with Gasteiger partial charge in [0.2, 0.25) is 5.96 Å². The Morgan fingerprint density at radius 3 is 3.00 bits per heavy atom. The lowest BCUT2D eigenvalue weighted by Crippen LogP contribution is -2.39. The van der Waals surface area contributed by atoms with E-state index in [0.29, 0.717) is 19.1 Å². The van der Waals surface area contributed by atoms with Crippen molar-refractivity contribution >= 4 is 12.1 Å². The molecule has 1 amide bonds. The van der Waals surface area contributed by atoms with Crippen molar-refractivity contribution in [1.29, 1.82) is 0 Å². The van der Waals surface area contributed by atoms with Crippen LogP contribution in [0.3, 0.4) is 0 Å². The van der Waals surface area contributed by atoms with Crippen molar-refractivity contribution in [1.82, 2.24) is 10.6 Å². The monoisotopic (exact) mass is 261 g/mol. The highest BCUT2D eigenvalue weighted by atomic mass is 16.5. The number of carbonyl (C=O) groups is 1. The van der Waals surface area contributed by atoms with E-state index in [1.54, 1.807) is 6.92 Å². The van der Waals surface area contributed by atoms with Crippen molar-refractivity contribution in [2.45, 2.75) is 26.3 Å². The van der Waals surface area contributed by atoms with Gasteiger partial charge in [0, 0.05) is 0 Å². The van der Waals surface area contributed by atoms with Gasteiger partial charge in [-0.15, -0.1) is 0 Å². The fourth-order valence-corrected chi connectivity index (χ4v) is 2.15. The Hall–Kier alpha value is -2.04. The number of nitrogens with zero attached hydrogens (tertiary/aromatic N) is 1. The highest BCUT2D eigenvalue weighted by Crippen LogP contribution is 2.21. The van der Waals surface area contributed by atoms with Crippen LogP contribution in [-0.2, 0) is 11.2 Å². The Balaban J connectivity index is 1.98. The SMILES string of the molecule is CCOC(=O)NC1=NCC(c2ccccc2CC)N1. The van der Waals surface area contributed by atoms with Crippen LogP contribution in [0.4, 0.5) is 4.79 Å². The highest BCUT2D eigenvalue weighted by Gasteiger charge is 2.22. The third-order valence-electron chi connectivity index (χ3n) is 3.05. The van der Waals surface area contributed by atoms with Gasteiger partial charge in [0.1, 0.15) is 0 Å². The zero-order valence-corrected chi connectivity index (χ0v) is 11.3. The average molecular weight is 261 g/mol. The second-order valence-electron chi connectivity index (χ2n) is 4.28. The quantitative estimate of drug-likeness (QED) is 0.874. The second-order valence-corrected chi connectivity index (χ2v) is 4.28. The number of nitrogens with one attached hydrogen (secondary N) is 2. The molecule has 1 aliphatic rings. The van der Waals surface area contributed by atoms with Crippen LogP contribution < -0.4 is 10.6 Å². The molecule has 0 fully saturated rings. The molecule has 5 nitrogen and oxygen atoms in total. The molecule has 1 unspecified atom stereocenters. The first-order valence-electron chi connectivity index (χ1n) is 6.57. The summed E-state index contributed by atoms with van der Waals surface area (Å²) in [5.74, 6) is 0.481. The highest BCUT2D eigenvalue weighted by molar-refractivity contribution is 5.95. The first-order chi connectivity index (χ1) is 9.24. The lowest BCUT2D eigenvalue weighted by molar-refractivity contribution is 0.157.